The molecule has 1 heterocycles. The molecule has 2 N–H and O–H groups in total. The van der Waals surface area contributed by atoms with E-state index in [0.717, 1.165) is 12.6 Å². The summed E-state index contributed by atoms with van der Waals surface area (Å²) in [5.41, 5.74) is 0. The standard InChI is InChI=1S/C21H36N2O9S/c24-6-1-8-29-10-12-31-14-15-32-13-11-30-9-4-22-19(26)3-5-23-20(27)17-18(21(23)28)33-16-2-7-25/h6-7,18,20,27H,1-5,8-17H2,(H,22,26). The van der Waals surface area contributed by atoms with Gasteiger partial charge >= 0.3 is 0 Å². The van der Waals surface area contributed by atoms with E-state index in [-0.39, 0.29) is 30.0 Å². The number of amides is 2. The van der Waals surface area contributed by atoms with E-state index in [2.05, 4.69) is 5.32 Å². The molecule has 1 saturated heterocycles. The first-order chi connectivity index (χ1) is 16.1. The average molecular weight is 493 g/mol. The first-order valence-electron chi connectivity index (χ1n) is 11.1. The van der Waals surface area contributed by atoms with Crippen molar-refractivity contribution in [3.63, 3.8) is 0 Å². The quantitative estimate of drug-likeness (QED) is 0.148. The summed E-state index contributed by atoms with van der Waals surface area (Å²) < 4.78 is 21.2. The minimum atomic E-state index is -0.894. The van der Waals surface area contributed by atoms with E-state index in [0.29, 0.717) is 84.4 Å². The molecule has 11 nitrogen and oxygen atoms in total. The summed E-state index contributed by atoms with van der Waals surface area (Å²) in [6.45, 7) is 3.81. The number of aldehydes is 2. The lowest BCUT2D eigenvalue weighted by molar-refractivity contribution is -0.133. The highest BCUT2D eigenvalue weighted by Crippen LogP contribution is 2.28. The third-order valence-corrected chi connectivity index (χ3v) is 5.81. The normalized spacial score (nSPS) is 18.0. The van der Waals surface area contributed by atoms with Crippen molar-refractivity contribution in [1.82, 2.24) is 10.2 Å². The van der Waals surface area contributed by atoms with Crippen molar-refractivity contribution in [2.24, 2.45) is 0 Å². The maximum atomic E-state index is 12.3. The Balaban J connectivity index is 1.93. The number of nitrogens with zero attached hydrogens (tertiary/aromatic N) is 1. The zero-order valence-corrected chi connectivity index (χ0v) is 19.8. The van der Waals surface area contributed by atoms with Crippen LogP contribution in [-0.2, 0) is 38.1 Å². The Kier molecular flexibility index (Phi) is 17.7. The molecule has 12 heteroatoms. The van der Waals surface area contributed by atoms with Crippen LogP contribution < -0.4 is 5.32 Å². The highest BCUT2D eigenvalue weighted by molar-refractivity contribution is 8.00. The molecule has 0 radical (unpaired) electrons. The Morgan fingerprint density at radius 2 is 1.55 bits per heavy atom. The van der Waals surface area contributed by atoms with Crippen LogP contribution in [0.2, 0.25) is 0 Å². The SMILES string of the molecule is O=CCCOCCOCCOCCOCCNC(=O)CCN1C(=O)C(SCCC=O)CC1O. The van der Waals surface area contributed by atoms with Crippen LogP contribution in [0, 0.1) is 0 Å². The second-order valence-electron chi connectivity index (χ2n) is 7.07. The fourth-order valence-electron chi connectivity index (χ4n) is 2.87. The van der Waals surface area contributed by atoms with E-state index in [1.165, 1.54) is 16.7 Å². The monoisotopic (exact) mass is 492 g/mol. The van der Waals surface area contributed by atoms with Crippen molar-refractivity contribution < 1.29 is 43.2 Å². The summed E-state index contributed by atoms with van der Waals surface area (Å²) in [4.78, 5) is 46.0. The molecule has 0 bridgehead atoms. The van der Waals surface area contributed by atoms with Crippen LogP contribution in [0.15, 0.2) is 0 Å². The van der Waals surface area contributed by atoms with Gasteiger partial charge in [0, 0.05) is 44.5 Å². The molecule has 2 amide bonds. The Bertz CT molecular complexity index is 568. The Hall–Kier alpha value is -1.57. The molecule has 2 unspecified atom stereocenters. The van der Waals surface area contributed by atoms with E-state index in [4.69, 9.17) is 18.9 Å². The Labute approximate surface area is 198 Å². The third-order valence-electron chi connectivity index (χ3n) is 4.54. The lowest BCUT2D eigenvalue weighted by Gasteiger charge is -2.20. The van der Waals surface area contributed by atoms with Crippen LogP contribution in [0.4, 0.5) is 0 Å². The smallest absolute Gasteiger partial charge is 0.237 e. The molecular weight excluding hydrogens is 456 g/mol. The number of carbonyl (C=O) groups excluding carboxylic acids is 4. The predicted octanol–water partition coefficient (Wildman–Crippen LogP) is -0.610. The van der Waals surface area contributed by atoms with Gasteiger partial charge in [-0.25, -0.2) is 0 Å². The van der Waals surface area contributed by atoms with Crippen molar-refractivity contribution in [1.29, 1.82) is 0 Å². The van der Waals surface area contributed by atoms with Crippen LogP contribution in [0.25, 0.3) is 0 Å². The molecular formula is C21H36N2O9S. The number of nitrogens with one attached hydrogen (secondary N) is 1. The highest BCUT2D eigenvalue weighted by Gasteiger charge is 2.38. The van der Waals surface area contributed by atoms with Gasteiger partial charge in [0.05, 0.1) is 58.1 Å². The van der Waals surface area contributed by atoms with Crippen molar-refractivity contribution in [2.75, 3.05) is 71.7 Å². The maximum Gasteiger partial charge on any atom is 0.237 e. The summed E-state index contributed by atoms with van der Waals surface area (Å²) in [6.07, 6.45) is 1.89. The molecule has 190 valence electrons. The van der Waals surface area contributed by atoms with Gasteiger partial charge in [0.1, 0.15) is 18.8 Å². The number of thioether (sulfide) groups is 1. The average Bonchev–Trinajstić information content (AvgIpc) is 3.07. The molecule has 0 aliphatic carbocycles. The number of likely N-dealkylation sites (tertiary alicyclic amines) is 1. The van der Waals surface area contributed by atoms with Gasteiger partial charge in [-0.05, 0) is 0 Å². The highest BCUT2D eigenvalue weighted by atomic mass is 32.2. The van der Waals surface area contributed by atoms with Crippen molar-refractivity contribution in [2.45, 2.75) is 37.2 Å². The number of ether oxygens (including phenoxy) is 4. The molecule has 2 atom stereocenters. The van der Waals surface area contributed by atoms with E-state index in [9.17, 15) is 24.3 Å². The third kappa shape index (κ3) is 14.3. The van der Waals surface area contributed by atoms with Gasteiger partial charge in [-0.1, -0.05) is 0 Å². The van der Waals surface area contributed by atoms with Gasteiger partial charge in [-0.15, -0.1) is 11.8 Å². The van der Waals surface area contributed by atoms with Gasteiger partial charge < -0.3 is 43.9 Å². The van der Waals surface area contributed by atoms with Gasteiger partial charge in [0.2, 0.25) is 11.8 Å². The Morgan fingerprint density at radius 3 is 2.15 bits per heavy atom. The van der Waals surface area contributed by atoms with Crippen molar-refractivity contribution in [3.05, 3.63) is 0 Å². The zero-order chi connectivity index (χ0) is 24.2. The number of carbonyl (C=O) groups is 4. The lowest BCUT2D eigenvalue weighted by atomic mass is 10.3. The predicted molar refractivity (Wildman–Crippen MR) is 121 cm³/mol. The largest absolute Gasteiger partial charge is 0.379 e. The van der Waals surface area contributed by atoms with E-state index in [1.54, 1.807) is 0 Å². The molecule has 0 spiro atoms. The number of rotatable bonds is 22. The molecule has 33 heavy (non-hydrogen) atoms. The summed E-state index contributed by atoms with van der Waals surface area (Å²) in [7, 11) is 0. The van der Waals surface area contributed by atoms with Gasteiger partial charge in [0.25, 0.3) is 0 Å². The number of hydrogen-bond donors (Lipinski definition) is 2. The Morgan fingerprint density at radius 1 is 0.970 bits per heavy atom. The molecule has 1 fully saturated rings. The second kappa shape index (κ2) is 19.9. The van der Waals surface area contributed by atoms with E-state index >= 15 is 0 Å². The molecule has 1 aliphatic rings. The van der Waals surface area contributed by atoms with Crippen molar-refractivity contribution in [3.8, 4) is 0 Å². The van der Waals surface area contributed by atoms with Crippen molar-refractivity contribution >= 4 is 36.1 Å². The maximum absolute atomic E-state index is 12.3. The van der Waals surface area contributed by atoms with E-state index in [1.807, 2.05) is 0 Å². The number of hydrogen-bond acceptors (Lipinski definition) is 10. The number of aliphatic hydroxyl groups is 1. The second-order valence-corrected chi connectivity index (χ2v) is 8.38. The summed E-state index contributed by atoms with van der Waals surface area (Å²) in [5, 5.41) is 12.4. The molecule has 1 rings (SSSR count). The summed E-state index contributed by atoms with van der Waals surface area (Å²) >= 11 is 1.36. The van der Waals surface area contributed by atoms with Gasteiger partial charge in [-0.2, -0.15) is 0 Å². The van der Waals surface area contributed by atoms with Crippen LogP contribution in [0.5, 0.6) is 0 Å². The minimum absolute atomic E-state index is 0.0970. The summed E-state index contributed by atoms with van der Waals surface area (Å²) in [5.74, 6) is 0.126. The fourth-order valence-corrected chi connectivity index (χ4v) is 3.98. The minimum Gasteiger partial charge on any atom is -0.379 e. The lowest BCUT2D eigenvalue weighted by Crippen LogP contribution is -2.38. The topological polar surface area (TPSA) is 141 Å². The van der Waals surface area contributed by atoms with Crippen LogP contribution in [0.3, 0.4) is 0 Å². The van der Waals surface area contributed by atoms with Gasteiger partial charge in [-0.3, -0.25) is 9.59 Å². The molecule has 0 aromatic rings. The fraction of sp³-hybridized carbons (Fsp3) is 0.810. The first kappa shape index (κ1) is 29.5. The molecule has 0 saturated carbocycles. The van der Waals surface area contributed by atoms with Crippen LogP contribution in [-0.4, -0.2) is 118 Å². The molecule has 0 aromatic heterocycles. The first-order valence-corrected chi connectivity index (χ1v) is 12.2. The number of aliphatic hydroxyl groups excluding tert-OH is 1. The molecule has 1 aliphatic heterocycles. The summed E-state index contributed by atoms with van der Waals surface area (Å²) in [6, 6.07) is 0. The van der Waals surface area contributed by atoms with Crippen LogP contribution in [0.1, 0.15) is 25.7 Å². The zero-order valence-electron chi connectivity index (χ0n) is 19.0. The molecule has 0 aromatic carbocycles. The van der Waals surface area contributed by atoms with Gasteiger partial charge in [0.15, 0.2) is 0 Å². The van der Waals surface area contributed by atoms with E-state index < -0.39 is 6.23 Å². The van der Waals surface area contributed by atoms with Crippen LogP contribution >= 0.6 is 11.8 Å².